The van der Waals surface area contributed by atoms with Gasteiger partial charge in [0.15, 0.2) is 0 Å². The molecule has 1 aliphatic rings. The van der Waals surface area contributed by atoms with Gasteiger partial charge in [-0.25, -0.2) is 5.48 Å². The van der Waals surface area contributed by atoms with Gasteiger partial charge in [0.1, 0.15) is 0 Å². The van der Waals surface area contributed by atoms with Gasteiger partial charge in [0.05, 0.1) is 7.11 Å². The third-order valence-corrected chi connectivity index (χ3v) is 2.58. The fourth-order valence-electron chi connectivity index (χ4n) is 1.89. The fourth-order valence-corrected chi connectivity index (χ4v) is 1.89. The lowest BCUT2D eigenvalue weighted by Gasteiger charge is -2.19. The molecule has 0 saturated heterocycles. The van der Waals surface area contributed by atoms with Crippen molar-refractivity contribution in [1.29, 1.82) is 0 Å². The molecule has 15 heavy (non-hydrogen) atoms. The standard InChI is InChI=1S/C11H14N2O2/c1-15-13-11(14)10-4-2-3-8-7-12-6-5-9(8)10/h2-4,12H,5-7H2,1H3,(H,13,14). The number of carbonyl (C=O) groups excluding carboxylic acids is 1. The highest BCUT2D eigenvalue weighted by Gasteiger charge is 2.16. The first kappa shape index (κ1) is 10.1. The van der Waals surface area contributed by atoms with Crippen molar-refractivity contribution in [3.05, 3.63) is 34.9 Å². The lowest BCUT2D eigenvalue weighted by atomic mass is 9.95. The lowest BCUT2D eigenvalue weighted by Crippen LogP contribution is -2.28. The molecule has 0 saturated carbocycles. The van der Waals surface area contributed by atoms with Gasteiger partial charge in [-0.3, -0.25) is 9.63 Å². The second kappa shape index (κ2) is 4.42. The van der Waals surface area contributed by atoms with E-state index in [1.165, 1.54) is 12.7 Å². The molecular weight excluding hydrogens is 192 g/mol. The van der Waals surface area contributed by atoms with E-state index in [0.717, 1.165) is 30.6 Å². The Bertz CT molecular complexity index is 377. The Balaban J connectivity index is 2.34. The van der Waals surface area contributed by atoms with Crippen molar-refractivity contribution < 1.29 is 9.63 Å². The molecule has 1 heterocycles. The van der Waals surface area contributed by atoms with Gasteiger partial charge in [-0.15, -0.1) is 0 Å². The zero-order valence-corrected chi connectivity index (χ0v) is 8.67. The van der Waals surface area contributed by atoms with Gasteiger partial charge in [0.2, 0.25) is 0 Å². The summed E-state index contributed by atoms with van der Waals surface area (Å²) in [6, 6.07) is 5.78. The molecule has 4 heteroatoms. The third kappa shape index (κ3) is 2.00. The molecule has 2 rings (SSSR count). The van der Waals surface area contributed by atoms with E-state index < -0.39 is 0 Å². The topological polar surface area (TPSA) is 50.4 Å². The minimum atomic E-state index is -0.170. The van der Waals surface area contributed by atoms with Crippen molar-refractivity contribution in [3.63, 3.8) is 0 Å². The maximum absolute atomic E-state index is 11.7. The first-order chi connectivity index (χ1) is 7.33. The molecule has 0 radical (unpaired) electrons. The molecule has 1 aliphatic heterocycles. The average molecular weight is 206 g/mol. The molecule has 1 aromatic rings. The number of amides is 1. The van der Waals surface area contributed by atoms with Crippen LogP contribution in [0.3, 0.4) is 0 Å². The number of rotatable bonds is 2. The van der Waals surface area contributed by atoms with Crippen molar-refractivity contribution in [3.8, 4) is 0 Å². The summed E-state index contributed by atoms with van der Waals surface area (Å²) >= 11 is 0. The second-order valence-corrected chi connectivity index (χ2v) is 3.51. The SMILES string of the molecule is CONC(=O)c1cccc2c1CCNC2. The van der Waals surface area contributed by atoms with Crippen molar-refractivity contribution in [1.82, 2.24) is 10.8 Å². The fraction of sp³-hybridized carbons (Fsp3) is 0.364. The van der Waals surface area contributed by atoms with E-state index in [1.807, 2.05) is 18.2 Å². The Kier molecular flexibility index (Phi) is 2.99. The van der Waals surface area contributed by atoms with Crippen LogP contribution in [0.15, 0.2) is 18.2 Å². The number of hydroxylamine groups is 1. The molecule has 0 bridgehead atoms. The Labute approximate surface area is 88.6 Å². The highest BCUT2D eigenvalue weighted by atomic mass is 16.6. The summed E-state index contributed by atoms with van der Waals surface area (Å²) in [7, 11) is 1.44. The molecule has 0 fully saturated rings. The summed E-state index contributed by atoms with van der Waals surface area (Å²) in [5.41, 5.74) is 5.40. The Morgan fingerprint density at radius 2 is 2.40 bits per heavy atom. The van der Waals surface area contributed by atoms with Crippen LogP contribution in [0.25, 0.3) is 0 Å². The van der Waals surface area contributed by atoms with E-state index >= 15 is 0 Å². The molecule has 1 aromatic carbocycles. The number of nitrogens with one attached hydrogen (secondary N) is 2. The summed E-state index contributed by atoms with van der Waals surface area (Å²) in [6.07, 6.45) is 0.892. The summed E-state index contributed by atoms with van der Waals surface area (Å²) < 4.78 is 0. The van der Waals surface area contributed by atoms with Gasteiger partial charge >= 0.3 is 0 Å². The third-order valence-electron chi connectivity index (χ3n) is 2.58. The van der Waals surface area contributed by atoms with Crippen LogP contribution in [-0.2, 0) is 17.8 Å². The van der Waals surface area contributed by atoms with E-state index in [4.69, 9.17) is 0 Å². The summed E-state index contributed by atoms with van der Waals surface area (Å²) in [6.45, 7) is 1.76. The van der Waals surface area contributed by atoms with E-state index in [1.54, 1.807) is 0 Å². The van der Waals surface area contributed by atoms with Crippen molar-refractivity contribution >= 4 is 5.91 Å². The maximum atomic E-state index is 11.7. The first-order valence-corrected chi connectivity index (χ1v) is 4.97. The summed E-state index contributed by atoms with van der Waals surface area (Å²) in [5.74, 6) is -0.170. The van der Waals surface area contributed by atoms with Gasteiger partial charge in [0, 0.05) is 12.1 Å². The number of hydrogen-bond donors (Lipinski definition) is 2. The zero-order chi connectivity index (χ0) is 10.7. The van der Waals surface area contributed by atoms with E-state index in [2.05, 4.69) is 15.6 Å². The van der Waals surface area contributed by atoms with E-state index in [9.17, 15) is 4.79 Å². The van der Waals surface area contributed by atoms with Gasteiger partial charge < -0.3 is 5.32 Å². The molecule has 1 amide bonds. The molecule has 80 valence electrons. The summed E-state index contributed by atoms with van der Waals surface area (Å²) in [5, 5.41) is 3.28. The molecule has 0 aromatic heterocycles. The van der Waals surface area contributed by atoms with Crippen LogP contribution in [0.1, 0.15) is 21.5 Å². The Hall–Kier alpha value is -1.39. The van der Waals surface area contributed by atoms with Crippen LogP contribution in [0, 0.1) is 0 Å². The van der Waals surface area contributed by atoms with Crippen molar-refractivity contribution in [2.45, 2.75) is 13.0 Å². The van der Waals surface area contributed by atoms with Crippen LogP contribution in [0.5, 0.6) is 0 Å². The quantitative estimate of drug-likeness (QED) is 0.697. The molecule has 0 aliphatic carbocycles. The van der Waals surface area contributed by atoms with Crippen LogP contribution in [0.2, 0.25) is 0 Å². The normalized spacial score (nSPS) is 14.5. The van der Waals surface area contributed by atoms with Crippen LogP contribution in [-0.4, -0.2) is 19.6 Å². The van der Waals surface area contributed by atoms with Gasteiger partial charge in [-0.2, -0.15) is 0 Å². The Morgan fingerprint density at radius 1 is 1.53 bits per heavy atom. The molecule has 4 nitrogen and oxygen atoms in total. The number of carbonyl (C=O) groups is 1. The highest BCUT2D eigenvalue weighted by Crippen LogP contribution is 2.18. The summed E-state index contributed by atoms with van der Waals surface area (Å²) in [4.78, 5) is 16.3. The minimum absolute atomic E-state index is 0.170. The molecule has 0 spiro atoms. The zero-order valence-electron chi connectivity index (χ0n) is 8.67. The van der Waals surface area contributed by atoms with E-state index in [-0.39, 0.29) is 5.91 Å². The Morgan fingerprint density at radius 3 is 3.20 bits per heavy atom. The predicted molar refractivity (Wildman–Crippen MR) is 56.3 cm³/mol. The maximum Gasteiger partial charge on any atom is 0.275 e. The van der Waals surface area contributed by atoms with Crippen LogP contribution in [0.4, 0.5) is 0 Å². The van der Waals surface area contributed by atoms with Crippen molar-refractivity contribution in [2.75, 3.05) is 13.7 Å². The first-order valence-electron chi connectivity index (χ1n) is 4.97. The minimum Gasteiger partial charge on any atom is -0.312 e. The smallest absolute Gasteiger partial charge is 0.275 e. The lowest BCUT2D eigenvalue weighted by molar-refractivity contribution is 0.0536. The molecular formula is C11H14N2O2. The monoisotopic (exact) mass is 206 g/mol. The number of benzene rings is 1. The number of fused-ring (bicyclic) bond motifs is 1. The van der Waals surface area contributed by atoms with E-state index in [0.29, 0.717) is 0 Å². The largest absolute Gasteiger partial charge is 0.312 e. The molecule has 0 unspecified atom stereocenters. The van der Waals surface area contributed by atoms with Gasteiger partial charge in [-0.1, -0.05) is 12.1 Å². The molecule has 0 atom stereocenters. The molecule has 2 N–H and O–H groups in total. The van der Waals surface area contributed by atoms with Gasteiger partial charge in [0.25, 0.3) is 5.91 Å². The average Bonchev–Trinajstić information content (AvgIpc) is 2.28. The van der Waals surface area contributed by atoms with Crippen molar-refractivity contribution in [2.24, 2.45) is 0 Å². The van der Waals surface area contributed by atoms with Gasteiger partial charge in [-0.05, 0) is 30.2 Å². The highest BCUT2D eigenvalue weighted by molar-refractivity contribution is 5.95. The predicted octanol–water partition coefficient (Wildman–Crippen LogP) is 0.623. The van der Waals surface area contributed by atoms with Crippen LogP contribution < -0.4 is 10.8 Å². The van der Waals surface area contributed by atoms with Crippen LogP contribution >= 0.6 is 0 Å². The number of hydrogen-bond acceptors (Lipinski definition) is 3. The second-order valence-electron chi connectivity index (χ2n) is 3.51.